The van der Waals surface area contributed by atoms with Gasteiger partial charge in [0.05, 0.1) is 5.75 Å². The quantitative estimate of drug-likeness (QED) is 0.846. The van der Waals surface area contributed by atoms with Crippen LogP contribution in [0.5, 0.6) is 0 Å². The van der Waals surface area contributed by atoms with Gasteiger partial charge in [0.1, 0.15) is 0 Å². The van der Waals surface area contributed by atoms with Crippen molar-refractivity contribution in [1.29, 1.82) is 0 Å². The van der Waals surface area contributed by atoms with E-state index in [0.717, 1.165) is 5.56 Å². The highest BCUT2D eigenvalue weighted by atomic mass is 32.2. The SMILES string of the molecule is CCCS(=O)(=O)CC(NC)c1ccc(C)cc1. The molecule has 0 heterocycles. The monoisotopic (exact) mass is 255 g/mol. The van der Waals surface area contributed by atoms with Crippen LogP contribution in [0.3, 0.4) is 0 Å². The fourth-order valence-electron chi connectivity index (χ4n) is 1.79. The lowest BCUT2D eigenvalue weighted by Gasteiger charge is -2.16. The Hall–Kier alpha value is -0.870. The molecule has 0 spiro atoms. The van der Waals surface area contributed by atoms with Gasteiger partial charge in [-0.05, 0) is 26.0 Å². The molecule has 1 aromatic rings. The van der Waals surface area contributed by atoms with Gasteiger partial charge in [0.25, 0.3) is 0 Å². The van der Waals surface area contributed by atoms with Crippen molar-refractivity contribution in [2.45, 2.75) is 26.3 Å². The largest absolute Gasteiger partial charge is 0.312 e. The Morgan fingerprint density at radius 3 is 2.29 bits per heavy atom. The molecule has 0 radical (unpaired) electrons. The first kappa shape index (κ1) is 14.2. The highest BCUT2D eigenvalue weighted by Crippen LogP contribution is 2.16. The summed E-state index contributed by atoms with van der Waals surface area (Å²) in [5.74, 6) is 0.428. The molecule has 96 valence electrons. The molecule has 4 heteroatoms. The lowest BCUT2D eigenvalue weighted by atomic mass is 10.1. The summed E-state index contributed by atoms with van der Waals surface area (Å²) < 4.78 is 23.6. The Morgan fingerprint density at radius 1 is 1.24 bits per heavy atom. The van der Waals surface area contributed by atoms with Gasteiger partial charge in [-0.3, -0.25) is 0 Å². The van der Waals surface area contributed by atoms with E-state index in [9.17, 15) is 8.42 Å². The molecule has 1 unspecified atom stereocenters. The lowest BCUT2D eigenvalue weighted by Crippen LogP contribution is -2.26. The van der Waals surface area contributed by atoms with Crippen LogP contribution in [0.2, 0.25) is 0 Å². The summed E-state index contributed by atoms with van der Waals surface area (Å²) in [6, 6.07) is 7.86. The molecule has 0 fully saturated rings. The molecule has 1 rings (SSSR count). The van der Waals surface area contributed by atoms with E-state index >= 15 is 0 Å². The Labute approximate surface area is 104 Å². The van der Waals surface area contributed by atoms with Crippen molar-refractivity contribution in [3.05, 3.63) is 35.4 Å². The summed E-state index contributed by atoms with van der Waals surface area (Å²) >= 11 is 0. The van der Waals surface area contributed by atoms with Crippen LogP contribution in [0.1, 0.15) is 30.5 Å². The Kier molecular flexibility index (Phi) is 5.15. The van der Waals surface area contributed by atoms with E-state index in [4.69, 9.17) is 0 Å². The lowest BCUT2D eigenvalue weighted by molar-refractivity contribution is 0.573. The molecule has 0 aromatic heterocycles. The molecule has 3 nitrogen and oxygen atoms in total. The third kappa shape index (κ3) is 4.48. The predicted octanol–water partition coefficient (Wildman–Crippen LogP) is 2.08. The van der Waals surface area contributed by atoms with Crippen LogP contribution >= 0.6 is 0 Å². The van der Waals surface area contributed by atoms with Crippen LogP contribution in [0.25, 0.3) is 0 Å². The molecular formula is C13H21NO2S. The maximum Gasteiger partial charge on any atom is 0.152 e. The van der Waals surface area contributed by atoms with Gasteiger partial charge in [-0.15, -0.1) is 0 Å². The molecule has 0 bridgehead atoms. The molecule has 0 saturated carbocycles. The van der Waals surface area contributed by atoms with Crippen LogP contribution in [0, 0.1) is 6.92 Å². The van der Waals surface area contributed by atoms with Gasteiger partial charge in [0.2, 0.25) is 0 Å². The van der Waals surface area contributed by atoms with E-state index in [0.29, 0.717) is 6.42 Å². The normalized spacial score (nSPS) is 13.6. The maximum atomic E-state index is 11.8. The Morgan fingerprint density at radius 2 is 1.82 bits per heavy atom. The zero-order valence-electron chi connectivity index (χ0n) is 10.7. The number of hydrogen-bond acceptors (Lipinski definition) is 3. The first-order valence-corrected chi connectivity index (χ1v) is 7.75. The summed E-state index contributed by atoms with van der Waals surface area (Å²) in [4.78, 5) is 0. The second-order valence-electron chi connectivity index (χ2n) is 4.37. The molecule has 1 N–H and O–H groups in total. The third-order valence-corrected chi connectivity index (χ3v) is 4.64. The zero-order valence-corrected chi connectivity index (χ0v) is 11.5. The van der Waals surface area contributed by atoms with Crippen molar-refractivity contribution < 1.29 is 8.42 Å². The zero-order chi connectivity index (χ0) is 12.9. The molecule has 0 aliphatic carbocycles. The highest BCUT2D eigenvalue weighted by molar-refractivity contribution is 7.91. The van der Waals surface area contributed by atoms with Crippen molar-refractivity contribution in [2.75, 3.05) is 18.6 Å². The summed E-state index contributed by atoms with van der Waals surface area (Å²) in [5, 5.41) is 3.07. The molecule has 0 saturated heterocycles. The van der Waals surface area contributed by atoms with E-state index < -0.39 is 9.84 Å². The summed E-state index contributed by atoms with van der Waals surface area (Å²) in [6.07, 6.45) is 0.673. The number of nitrogens with one attached hydrogen (secondary N) is 1. The summed E-state index contributed by atoms with van der Waals surface area (Å²) in [6.45, 7) is 3.91. The average Bonchev–Trinajstić information content (AvgIpc) is 2.27. The molecular weight excluding hydrogens is 234 g/mol. The fraction of sp³-hybridized carbons (Fsp3) is 0.538. The third-order valence-electron chi connectivity index (χ3n) is 2.76. The van der Waals surface area contributed by atoms with Crippen molar-refractivity contribution in [1.82, 2.24) is 5.32 Å². The minimum absolute atomic E-state index is 0.118. The van der Waals surface area contributed by atoms with E-state index in [-0.39, 0.29) is 17.5 Å². The van der Waals surface area contributed by atoms with Gasteiger partial charge >= 0.3 is 0 Å². The van der Waals surface area contributed by atoms with Gasteiger partial charge < -0.3 is 5.32 Å². The maximum absolute atomic E-state index is 11.8. The molecule has 0 amide bonds. The minimum Gasteiger partial charge on any atom is -0.312 e. The molecule has 0 aliphatic heterocycles. The topological polar surface area (TPSA) is 46.2 Å². The minimum atomic E-state index is -2.96. The number of aryl methyl sites for hydroxylation is 1. The summed E-state index contributed by atoms with van der Waals surface area (Å²) in [5.41, 5.74) is 2.21. The number of rotatable bonds is 6. The number of benzene rings is 1. The van der Waals surface area contributed by atoms with Crippen LogP contribution in [-0.2, 0) is 9.84 Å². The Bertz CT molecular complexity index is 437. The van der Waals surface area contributed by atoms with E-state index in [2.05, 4.69) is 5.32 Å². The average molecular weight is 255 g/mol. The van der Waals surface area contributed by atoms with E-state index in [1.165, 1.54) is 5.56 Å². The number of sulfone groups is 1. The van der Waals surface area contributed by atoms with Crippen molar-refractivity contribution in [3.8, 4) is 0 Å². The fourth-order valence-corrected chi connectivity index (χ4v) is 3.45. The summed E-state index contributed by atoms with van der Waals surface area (Å²) in [7, 11) is -1.17. The van der Waals surface area contributed by atoms with Crippen molar-refractivity contribution in [2.24, 2.45) is 0 Å². The van der Waals surface area contributed by atoms with Crippen LogP contribution in [0.15, 0.2) is 24.3 Å². The van der Waals surface area contributed by atoms with Gasteiger partial charge in [-0.1, -0.05) is 36.8 Å². The Balaban J connectivity index is 2.82. The molecule has 1 atom stereocenters. The van der Waals surface area contributed by atoms with E-state index in [1.807, 2.05) is 38.1 Å². The molecule has 0 aliphatic rings. The van der Waals surface area contributed by atoms with Crippen molar-refractivity contribution >= 4 is 9.84 Å². The van der Waals surface area contributed by atoms with Crippen LogP contribution < -0.4 is 5.32 Å². The highest BCUT2D eigenvalue weighted by Gasteiger charge is 2.18. The second kappa shape index (κ2) is 6.17. The number of hydrogen-bond donors (Lipinski definition) is 1. The van der Waals surface area contributed by atoms with Gasteiger partial charge in [0, 0.05) is 11.8 Å². The molecule has 17 heavy (non-hydrogen) atoms. The smallest absolute Gasteiger partial charge is 0.152 e. The first-order valence-electron chi connectivity index (χ1n) is 5.92. The van der Waals surface area contributed by atoms with Gasteiger partial charge in [-0.25, -0.2) is 8.42 Å². The van der Waals surface area contributed by atoms with Gasteiger partial charge in [-0.2, -0.15) is 0 Å². The standard InChI is InChI=1S/C13H21NO2S/c1-4-9-17(15,16)10-13(14-3)12-7-5-11(2)6-8-12/h5-8,13-14H,4,9-10H2,1-3H3. The van der Waals surface area contributed by atoms with Crippen molar-refractivity contribution in [3.63, 3.8) is 0 Å². The van der Waals surface area contributed by atoms with Gasteiger partial charge in [0.15, 0.2) is 9.84 Å². The van der Waals surface area contributed by atoms with Crippen LogP contribution in [-0.4, -0.2) is 27.0 Å². The molecule has 1 aromatic carbocycles. The first-order chi connectivity index (χ1) is 7.98. The second-order valence-corrected chi connectivity index (χ2v) is 6.60. The predicted molar refractivity (Wildman–Crippen MR) is 71.9 cm³/mol. The van der Waals surface area contributed by atoms with Crippen LogP contribution in [0.4, 0.5) is 0 Å². The van der Waals surface area contributed by atoms with E-state index in [1.54, 1.807) is 7.05 Å².